The van der Waals surface area contributed by atoms with Gasteiger partial charge in [-0.05, 0) is 43.3 Å². The molecule has 2 aliphatic rings. The molecule has 2 fully saturated rings. The molecule has 2 aromatic rings. The van der Waals surface area contributed by atoms with Crippen molar-refractivity contribution in [2.75, 3.05) is 12.0 Å². The first-order valence-corrected chi connectivity index (χ1v) is 8.41. The van der Waals surface area contributed by atoms with Crippen LogP contribution in [0.15, 0.2) is 47.1 Å². The van der Waals surface area contributed by atoms with Crippen molar-refractivity contribution in [1.82, 2.24) is 5.32 Å². The number of amides is 2. The average molecular weight is 372 g/mol. The maximum Gasteiger partial charge on any atom is 0.326 e. The van der Waals surface area contributed by atoms with E-state index in [1.807, 2.05) is 0 Å². The highest BCUT2D eigenvalue weighted by Gasteiger charge is 2.67. The Labute approximate surface area is 154 Å². The largest absolute Gasteiger partial charge is 0.468 e. The molecule has 8 heteroatoms. The molecule has 0 bridgehead atoms. The van der Waals surface area contributed by atoms with Gasteiger partial charge in [0.05, 0.1) is 36.9 Å². The van der Waals surface area contributed by atoms with E-state index in [0.29, 0.717) is 5.76 Å². The summed E-state index contributed by atoms with van der Waals surface area (Å²) < 4.78 is 23.6. The third kappa shape index (κ3) is 2.40. The second-order valence-corrected chi connectivity index (χ2v) is 6.82. The summed E-state index contributed by atoms with van der Waals surface area (Å²) >= 11 is 0. The maximum atomic E-state index is 13.2. The molecule has 1 N–H and O–H groups in total. The second-order valence-electron chi connectivity index (χ2n) is 6.82. The predicted octanol–water partition coefficient (Wildman–Crippen LogP) is 1.80. The molecule has 2 aliphatic heterocycles. The summed E-state index contributed by atoms with van der Waals surface area (Å²) in [5, 5.41) is 3.07. The summed E-state index contributed by atoms with van der Waals surface area (Å²) in [5.41, 5.74) is -1.15. The van der Waals surface area contributed by atoms with Crippen LogP contribution in [0.25, 0.3) is 0 Å². The van der Waals surface area contributed by atoms with E-state index in [1.165, 1.54) is 37.6 Å². The number of nitrogens with one attached hydrogen (secondary N) is 1. The Bertz CT molecular complexity index is 911. The number of anilines is 1. The van der Waals surface area contributed by atoms with E-state index >= 15 is 0 Å². The normalized spacial score (nSPS) is 29.9. The molecule has 2 amide bonds. The first-order chi connectivity index (χ1) is 12.9. The van der Waals surface area contributed by atoms with Crippen LogP contribution in [-0.4, -0.2) is 30.4 Å². The van der Waals surface area contributed by atoms with Gasteiger partial charge in [0.1, 0.15) is 17.1 Å². The van der Waals surface area contributed by atoms with Crippen molar-refractivity contribution in [1.29, 1.82) is 0 Å². The van der Waals surface area contributed by atoms with E-state index in [9.17, 15) is 18.8 Å². The van der Waals surface area contributed by atoms with E-state index in [2.05, 4.69) is 5.32 Å². The summed E-state index contributed by atoms with van der Waals surface area (Å²) in [4.78, 5) is 39.8. The van der Waals surface area contributed by atoms with Crippen LogP contribution in [0.2, 0.25) is 0 Å². The van der Waals surface area contributed by atoms with Gasteiger partial charge in [0.25, 0.3) is 0 Å². The fourth-order valence-corrected chi connectivity index (χ4v) is 4.10. The first kappa shape index (κ1) is 17.4. The number of methoxy groups -OCH3 is 1. The van der Waals surface area contributed by atoms with Gasteiger partial charge in [0.15, 0.2) is 0 Å². The Morgan fingerprint density at radius 1 is 1.22 bits per heavy atom. The van der Waals surface area contributed by atoms with Crippen molar-refractivity contribution in [3.8, 4) is 0 Å². The maximum absolute atomic E-state index is 13.2. The van der Waals surface area contributed by atoms with Crippen molar-refractivity contribution in [3.05, 3.63) is 54.2 Å². The van der Waals surface area contributed by atoms with Gasteiger partial charge in [-0.1, -0.05) is 0 Å². The number of carbonyl (C=O) groups is 3. The lowest BCUT2D eigenvalue weighted by atomic mass is 9.81. The van der Waals surface area contributed by atoms with Crippen LogP contribution in [0.1, 0.15) is 18.7 Å². The molecule has 1 aromatic carbocycles. The van der Waals surface area contributed by atoms with Crippen LogP contribution >= 0.6 is 0 Å². The number of ether oxygens (including phenoxy) is 1. The topological polar surface area (TPSA) is 88.8 Å². The lowest BCUT2D eigenvalue weighted by Crippen LogP contribution is -2.54. The number of benzene rings is 1. The van der Waals surface area contributed by atoms with Gasteiger partial charge in [0.2, 0.25) is 11.8 Å². The Balaban J connectivity index is 1.81. The molecule has 0 aliphatic carbocycles. The van der Waals surface area contributed by atoms with Gasteiger partial charge in [0, 0.05) is 0 Å². The van der Waals surface area contributed by atoms with Crippen LogP contribution in [0, 0.1) is 17.7 Å². The van der Waals surface area contributed by atoms with Crippen LogP contribution in [-0.2, 0) is 19.1 Å². The first-order valence-electron chi connectivity index (χ1n) is 8.41. The van der Waals surface area contributed by atoms with Gasteiger partial charge < -0.3 is 9.15 Å². The lowest BCUT2D eigenvalue weighted by Gasteiger charge is -2.28. The molecule has 4 atom stereocenters. The Morgan fingerprint density at radius 3 is 2.52 bits per heavy atom. The molecule has 4 rings (SSSR count). The van der Waals surface area contributed by atoms with Crippen LogP contribution < -0.4 is 10.2 Å². The van der Waals surface area contributed by atoms with Gasteiger partial charge in [-0.3, -0.25) is 19.7 Å². The van der Waals surface area contributed by atoms with Gasteiger partial charge in [-0.25, -0.2) is 9.29 Å². The van der Waals surface area contributed by atoms with Crippen molar-refractivity contribution in [2.24, 2.45) is 11.8 Å². The van der Waals surface area contributed by atoms with Gasteiger partial charge in [-0.2, -0.15) is 0 Å². The Kier molecular flexibility index (Phi) is 3.88. The van der Waals surface area contributed by atoms with E-state index in [4.69, 9.17) is 9.15 Å². The summed E-state index contributed by atoms with van der Waals surface area (Å²) in [5.74, 6) is -3.51. The monoisotopic (exact) mass is 372 g/mol. The Hall–Kier alpha value is -3.00. The highest BCUT2D eigenvalue weighted by Crippen LogP contribution is 2.49. The molecule has 1 aromatic heterocycles. The van der Waals surface area contributed by atoms with Crippen molar-refractivity contribution >= 4 is 23.5 Å². The van der Waals surface area contributed by atoms with E-state index in [0.717, 1.165) is 4.90 Å². The fraction of sp³-hybridized carbons (Fsp3) is 0.316. The molecule has 7 nitrogen and oxygen atoms in total. The number of imide groups is 1. The number of esters is 1. The lowest BCUT2D eigenvalue weighted by molar-refractivity contribution is -0.151. The number of rotatable bonds is 3. The molecular weight excluding hydrogens is 355 g/mol. The minimum Gasteiger partial charge on any atom is -0.468 e. The molecule has 27 heavy (non-hydrogen) atoms. The number of fused-ring (bicyclic) bond motifs is 1. The summed E-state index contributed by atoms with van der Waals surface area (Å²) in [6, 6.07) is 7.73. The molecule has 2 saturated heterocycles. The van der Waals surface area contributed by atoms with E-state index < -0.39 is 47.0 Å². The third-order valence-corrected chi connectivity index (χ3v) is 5.33. The van der Waals surface area contributed by atoms with Crippen LogP contribution in [0.4, 0.5) is 10.1 Å². The average Bonchev–Trinajstić information content (AvgIpc) is 3.34. The zero-order valence-electron chi connectivity index (χ0n) is 14.6. The van der Waals surface area contributed by atoms with Crippen molar-refractivity contribution < 1.29 is 27.9 Å². The SMILES string of the molecule is COC(=O)[C@]1(C)N[C@@H](c2ccco2)[C@H]2C(=O)N(c3ccc(F)cc3)C(=O)[C@@H]21. The van der Waals surface area contributed by atoms with Crippen molar-refractivity contribution in [2.45, 2.75) is 18.5 Å². The molecule has 0 saturated carbocycles. The smallest absolute Gasteiger partial charge is 0.326 e. The minimum atomic E-state index is -1.40. The number of carbonyl (C=O) groups excluding carboxylic acids is 3. The highest BCUT2D eigenvalue weighted by atomic mass is 19.1. The Morgan fingerprint density at radius 2 is 1.93 bits per heavy atom. The zero-order chi connectivity index (χ0) is 19.3. The number of hydrogen-bond donors (Lipinski definition) is 1. The third-order valence-electron chi connectivity index (χ3n) is 5.33. The summed E-state index contributed by atoms with van der Waals surface area (Å²) in [6.45, 7) is 1.54. The van der Waals surface area contributed by atoms with E-state index in [-0.39, 0.29) is 5.69 Å². The second kappa shape index (κ2) is 6.02. The molecule has 0 unspecified atom stereocenters. The molecule has 3 heterocycles. The predicted molar refractivity (Wildman–Crippen MR) is 90.9 cm³/mol. The summed E-state index contributed by atoms with van der Waals surface area (Å²) in [7, 11) is 1.23. The zero-order valence-corrected chi connectivity index (χ0v) is 14.6. The number of halogens is 1. The number of hydrogen-bond acceptors (Lipinski definition) is 6. The fourth-order valence-electron chi connectivity index (χ4n) is 4.10. The minimum absolute atomic E-state index is 0.256. The standard InChI is InChI=1S/C19H17FN2O5/c1-19(18(25)26-2)14-13(15(21-19)12-4-3-9-27-12)16(23)22(17(14)24)11-7-5-10(20)6-8-11/h3-9,13-15,21H,1-2H3/t13-,14+,15-,19+/m0/s1. The van der Waals surface area contributed by atoms with Gasteiger partial charge >= 0.3 is 5.97 Å². The quantitative estimate of drug-likeness (QED) is 0.653. The molecule has 0 radical (unpaired) electrons. The summed E-state index contributed by atoms with van der Waals surface area (Å²) in [6.07, 6.45) is 1.46. The highest BCUT2D eigenvalue weighted by molar-refractivity contribution is 6.24. The molecule has 0 spiro atoms. The van der Waals surface area contributed by atoms with Crippen LogP contribution in [0.5, 0.6) is 0 Å². The van der Waals surface area contributed by atoms with Crippen molar-refractivity contribution in [3.63, 3.8) is 0 Å². The van der Waals surface area contributed by atoms with Gasteiger partial charge in [-0.15, -0.1) is 0 Å². The number of nitrogens with zero attached hydrogens (tertiary/aromatic N) is 1. The van der Waals surface area contributed by atoms with Crippen LogP contribution in [0.3, 0.4) is 0 Å². The molecular formula is C19H17FN2O5. The van der Waals surface area contributed by atoms with E-state index in [1.54, 1.807) is 19.1 Å². The number of furan rings is 1. The molecule has 140 valence electrons.